The van der Waals surface area contributed by atoms with Crippen molar-refractivity contribution in [2.24, 2.45) is 11.7 Å². The van der Waals surface area contributed by atoms with Crippen LogP contribution >= 0.6 is 11.6 Å². The molecule has 1 atom stereocenters. The minimum Gasteiger partial charge on any atom is -0.482 e. The Morgan fingerprint density at radius 2 is 2.11 bits per heavy atom. The van der Waals surface area contributed by atoms with Crippen LogP contribution in [0.1, 0.15) is 32.4 Å². The molecule has 1 aromatic carbocycles. The van der Waals surface area contributed by atoms with Gasteiger partial charge in [0.1, 0.15) is 5.75 Å². The fourth-order valence-electron chi connectivity index (χ4n) is 1.43. The van der Waals surface area contributed by atoms with Gasteiger partial charge < -0.3 is 15.8 Å². The molecule has 0 spiro atoms. The molecule has 0 bridgehead atoms. The van der Waals surface area contributed by atoms with Crippen molar-refractivity contribution >= 4 is 17.5 Å². The van der Waals surface area contributed by atoms with E-state index in [9.17, 15) is 4.79 Å². The number of hydrogen-bond acceptors (Lipinski definition) is 3. The fourth-order valence-corrected chi connectivity index (χ4v) is 1.67. The van der Waals surface area contributed by atoms with Crippen LogP contribution in [-0.2, 0) is 4.79 Å². The van der Waals surface area contributed by atoms with Crippen molar-refractivity contribution in [2.45, 2.75) is 26.8 Å². The summed E-state index contributed by atoms with van der Waals surface area (Å²) in [5, 5.41) is 3.24. The monoisotopic (exact) mass is 284 g/mol. The Hall–Kier alpha value is -1.26. The zero-order chi connectivity index (χ0) is 14.4. The first kappa shape index (κ1) is 15.8. The summed E-state index contributed by atoms with van der Waals surface area (Å²) in [6.45, 7) is 6.55. The maximum atomic E-state index is 11.5. The van der Waals surface area contributed by atoms with Gasteiger partial charge in [-0.1, -0.05) is 31.5 Å². The third-order valence-corrected chi connectivity index (χ3v) is 2.84. The summed E-state index contributed by atoms with van der Waals surface area (Å²) < 4.78 is 5.38. The zero-order valence-electron chi connectivity index (χ0n) is 11.6. The van der Waals surface area contributed by atoms with Crippen molar-refractivity contribution in [3.8, 4) is 5.75 Å². The summed E-state index contributed by atoms with van der Waals surface area (Å²) >= 11 is 6.07. The van der Waals surface area contributed by atoms with Gasteiger partial charge in [0.2, 0.25) is 0 Å². The highest BCUT2D eigenvalue weighted by molar-refractivity contribution is 6.32. The summed E-state index contributed by atoms with van der Waals surface area (Å²) in [6.07, 6.45) is 0. The molecule has 0 heterocycles. The predicted molar refractivity (Wildman–Crippen MR) is 77.4 cm³/mol. The van der Waals surface area contributed by atoms with E-state index < -0.39 is 0 Å². The lowest BCUT2D eigenvalue weighted by Gasteiger charge is -2.12. The average Bonchev–Trinajstić information content (AvgIpc) is 2.34. The second-order valence-corrected chi connectivity index (χ2v) is 5.37. The molecule has 4 nitrogen and oxygen atoms in total. The molecule has 106 valence electrons. The van der Waals surface area contributed by atoms with E-state index in [-0.39, 0.29) is 18.6 Å². The van der Waals surface area contributed by atoms with Crippen molar-refractivity contribution in [3.05, 3.63) is 28.8 Å². The molecule has 1 rings (SSSR count). The quantitative estimate of drug-likeness (QED) is 0.844. The SMILES string of the molecule is CC(C)CNC(=O)COc1ccc([C@@H](C)N)cc1Cl. The molecule has 1 amide bonds. The van der Waals surface area contributed by atoms with Gasteiger partial charge >= 0.3 is 0 Å². The first-order valence-electron chi connectivity index (χ1n) is 6.34. The number of rotatable bonds is 6. The van der Waals surface area contributed by atoms with E-state index in [4.69, 9.17) is 22.1 Å². The minimum atomic E-state index is -0.152. The van der Waals surface area contributed by atoms with Crippen molar-refractivity contribution in [2.75, 3.05) is 13.2 Å². The van der Waals surface area contributed by atoms with E-state index in [1.54, 1.807) is 12.1 Å². The van der Waals surface area contributed by atoms with Crippen molar-refractivity contribution in [1.82, 2.24) is 5.32 Å². The van der Waals surface area contributed by atoms with E-state index in [0.717, 1.165) is 5.56 Å². The number of halogens is 1. The van der Waals surface area contributed by atoms with Gasteiger partial charge in [-0.2, -0.15) is 0 Å². The lowest BCUT2D eigenvalue weighted by atomic mass is 10.1. The number of amides is 1. The fraction of sp³-hybridized carbons (Fsp3) is 0.500. The molecule has 19 heavy (non-hydrogen) atoms. The average molecular weight is 285 g/mol. The number of carbonyl (C=O) groups excluding carboxylic acids is 1. The molecule has 3 N–H and O–H groups in total. The number of benzene rings is 1. The van der Waals surface area contributed by atoms with Crippen LogP contribution in [0.5, 0.6) is 5.75 Å². The number of hydrogen-bond donors (Lipinski definition) is 2. The Kier molecular flexibility index (Phi) is 6.12. The normalized spacial score (nSPS) is 12.3. The molecule has 0 saturated heterocycles. The van der Waals surface area contributed by atoms with Crippen LogP contribution in [-0.4, -0.2) is 19.1 Å². The van der Waals surface area contributed by atoms with Gasteiger partial charge in [-0.3, -0.25) is 4.79 Å². The van der Waals surface area contributed by atoms with Gasteiger partial charge in [0.25, 0.3) is 5.91 Å². The lowest BCUT2D eigenvalue weighted by Crippen LogP contribution is -2.31. The molecule has 0 unspecified atom stereocenters. The molecule has 5 heteroatoms. The highest BCUT2D eigenvalue weighted by Gasteiger charge is 2.08. The van der Waals surface area contributed by atoms with Gasteiger partial charge in [-0.05, 0) is 30.5 Å². The number of carbonyl (C=O) groups is 1. The molecule has 1 aromatic rings. The molecule has 0 aliphatic heterocycles. The molecular weight excluding hydrogens is 264 g/mol. The van der Waals surface area contributed by atoms with Crippen LogP contribution in [0.15, 0.2) is 18.2 Å². The second-order valence-electron chi connectivity index (χ2n) is 4.97. The Morgan fingerprint density at radius 1 is 1.42 bits per heavy atom. The molecular formula is C14H21ClN2O2. The molecule has 0 fully saturated rings. The van der Waals surface area contributed by atoms with Gasteiger partial charge in [0.05, 0.1) is 5.02 Å². The molecule has 0 aromatic heterocycles. The smallest absolute Gasteiger partial charge is 0.257 e. The van der Waals surface area contributed by atoms with Crippen molar-refractivity contribution in [1.29, 1.82) is 0 Å². The zero-order valence-corrected chi connectivity index (χ0v) is 12.3. The van der Waals surface area contributed by atoms with E-state index in [1.807, 2.05) is 26.8 Å². The molecule has 0 saturated carbocycles. The third-order valence-electron chi connectivity index (χ3n) is 2.55. The van der Waals surface area contributed by atoms with Crippen LogP contribution < -0.4 is 15.8 Å². The van der Waals surface area contributed by atoms with Crippen LogP contribution in [0.4, 0.5) is 0 Å². The Balaban J connectivity index is 2.51. The second kappa shape index (κ2) is 7.36. The van der Waals surface area contributed by atoms with Gasteiger partial charge in [-0.15, -0.1) is 0 Å². The minimum absolute atomic E-state index is 0.0377. The third kappa shape index (κ3) is 5.49. The first-order valence-corrected chi connectivity index (χ1v) is 6.72. The molecule has 0 aliphatic rings. The van der Waals surface area contributed by atoms with Gasteiger partial charge in [-0.25, -0.2) is 0 Å². The van der Waals surface area contributed by atoms with Crippen molar-refractivity contribution in [3.63, 3.8) is 0 Å². The highest BCUT2D eigenvalue weighted by atomic mass is 35.5. The number of nitrogens with one attached hydrogen (secondary N) is 1. The maximum Gasteiger partial charge on any atom is 0.257 e. The summed E-state index contributed by atoms with van der Waals surface area (Å²) in [6, 6.07) is 5.25. The van der Waals surface area contributed by atoms with Crippen LogP contribution in [0.25, 0.3) is 0 Å². The Labute approximate surface area is 119 Å². The largest absolute Gasteiger partial charge is 0.482 e. The van der Waals surface area contributed by atoms with Crippen LogP contribution in [0.2, 0.25) is 5.02 Å². The summed E-state index contributed by atoms with van der Waals surface area (Å²) in [4.78, 5) is 11.5. The van der Waals surface area contributed by atoms with E-state index in [1.165, 1.54) is 0 Å². The van der Waals surface area contributed by atoms with Crippen LogP contribution in [0, 0.1) is 5.92 Å². The molecule has 0 radical (unpaired) electrons. The van der Waals surface area contributed by atoms with Crippen LogP contribution in [0.3, 0.4) is 0 Å². The van der Waals surface area contributed by atoms with Gasteiger partial charge in [0.15, 0.2) is 6.61 Å². The number of ether oxygens (including phenoxy) is 1. The first-order chi connectivity index (χ1) is 8.90. The van der Waals surface area contributed by atoms with E-state index in [2.05, 4.69) is 5.32 Å². The van der Waals surface area contributed by atoms with Crippen molar-refractivity contribution < 1.29 is 9.53 Å². The van der Waals surface area contributed by atoms with E-state index in [0.29, 0.717) is 23.2 Å². The topological polar surface area (TPSA) is 64.3 Å². The van der Waals surface area contributed by atoms with Gasteiger partial charge in [0, 0.05) is 12.6 Å². The Bertz CT molecular complexity index is 433. The standard InChI is InChI=1S/C14H21ClN2O2/c1-9(2)7-17-14(18)8-19-13-5-4-11(10(3)16)6-12(13)15/h4-6,9-10H,7-8,16H2,1-3H3,(H,17,18)/t10-/m1/s1. The predicted octanol–water partition coefficient (Wildman–Crippen LogP) is 2.51. The summed E-state index contributed by atoms with van der Waals surface area (Å²) in [7, 11) is 0. The molecule has 0 aliphatic carbocycles. The highest BCUT2D eigenvalue weighted by Crippen LogP contribution is 2.27. The summed E-state index contributed by atoms with van der Waals surface area (Å²) in [5.74, 6) is 0.754. The van der Waals surface area contributed by atoms with E-state index >= 15 is 0 Å². The lowest BCUT2D eigenvalue weighted by molar-refractivity contribution is -0.123. The summed E-state index contributed by atoms with van der Waals surface area (Å²) in [5.41, 5.74) is 6.69. The maximum absolute atomic E-state index is 11.5. The Morgan fingerprint density at radius 3 is 2.63 bits per heavy atom. The number of nitrogens with two attached hydrogens (primary N) is 1.